The van der Waals surface area contributed by atoms with Gasteiger partial charge in [0.2, 0.25) is 5.89 Å². The summed E-state index contributed by atoms with van der Waals surface area (Å²) in [6.45, 7) is 1.92. The average molecular weight is 231 g/mol. The second kappa shape index (κ2) is 3.90. The highest BCUT2D eigenvalue weighted by atomic mass is 32.2. The zero-order valence-electron chi connectivity index (χ0n) is 8.43. The van der Waals surface area contributed by atoms with Crippen molar-refractivity contribution in [3.63, 3.8) is 0 Å². The predicted molar refractivity (Wildman–Crippen MR) is 52.9 cm³/mol. The first-order valence-corrected chi connectivity index (χ1v) is 6.79. The fourth-order valence-corrected chi connectivity index (χ4v) is 1.99. The summed E-state index contributed by atoms with van der Waals surface area (Å²) >= 11 is 0. The molecule has 1 aromatic heterocycles. The maximum absolute atomic E-state index is 11.0. The number of hydrogen-bond donors (Lipinski definition) is 1. The standard InChI is InChI=1S/C8H13N3O3S/c1-15(12,13)5-7-10-8(14-11-7)2-6-3-9-4-6/h6,9H,2-5H2,1H3. The molecule has 0 spiro atoms. The molecule has 1 aliphatic heterocycles. The molecule has 7 heteroatoms. The maximum atomic E-state index is 11.0. The van der Waals surface area contributed by atoms with E-state index < -0.39 is 9.84 Å². The zero-order valence-corrected chi connectivity index (χ0v) is 9.25. The molecule has 0 atom stereocenters. The lowest BCUT2D eigenvalue weighted by Gasteiger charge is -2.25. The van der Waals surface area contributed by atoms with Crippen LogP contribution in [0.3, 0.4) is 0 Å². The third-order valence-corrected chi connectivity index (χ3v) is 3.01. The normalized spacial score (nSPS) is 17.7. The van der Waals surface area contributed by atoms with Crippen LogP contribution in [0.1, 0.15) is 11.7 Å². The van der Waals surface area contributed by atoms with E-state index in [4.69, 9.17) is 4.52 Å². The van der Waals surface area contributed by atoms with Crippen molar-refractivity contribution in [2.24, 2.45) is 5.92 Å². The van der Waals surface area contributed by atoms with Crippen LogP contribution in [0.5, 0.6) is 0 Å². The SMILES string of the molecule is CS(=O)(=O)Cc1noc(CC2CNC2)n1. The Morgan fingerprint density at radius 1 is 1.53 bits per heavy atom. The smallest absolute Gasteiger partial charge is 0.227 e. The van der Waals surface area contributed by atoms with Gasteiger partial charge < -0.3 is 9.84 Å². The highest BCUT2D eigenvalue weighted by molar-refractivity contribution is 7.89. The van der Waals surface area contributed by atoms with Crippen molar-refractivity contribution >= 4 is 9.84 Å². The van der Waals surface area contributed by atoms with Crippen LogP contribution in [-0.2, 0) is 22.0 Å². The fraction of sp³-hybridized carbons (Fsp3) is 0.750. The molecule has 0 bridgehead atoms. The Morgan fingerprint density at radius 3 is 2.80 bits per heavy atom. The molecule has 6 nitrogen and oxygen atoms in total. The quantitative estimate of drug-likeness (QED) is 0.743. The molecule has 0 amide bonds. The van der Waals surface area contributed by atoms with Gasteiger partial charge in [-0.2, -0.15) is 4.98 Å². The summed E-state index contributed by atoms with van der Waals surface area (Å²) in [6, 6.07) is 0. The highest BCUT2D eigenvalue weighted by Gasteiger charge is 2.21. The number of nitrogens with one attached hydrogen (secondary N) is 1. The van der Waals surface area contributed by atoms with Gasteiger partial charge in [-0.05, 0) is 19.0 Å². The topological polar surface area (TPSA) is 85.1 Å². The van der Waals surface area contributed by atoms with Crippen LogP contribution in [-0.4, -0.2) is 37.9 Å². The fourth-order valence-electron chi connectivity index (χ4n) is 1.41. The van der Waals surface area contributed by atoms with Crippen LogP contribution in [0.4, 0.5) is 0 Å². The van der Waals surface area contributed by atoms with E-state index in [0.717, 1.165) is 25.8 Å². The molecule has 1 saturated heterocycles. The largest absolute Gasteiger partial charge is 0.339 e. The van der Waals surface area contributed by atoms with Gasteiger partial charge >= 0.3 is 0 Å². The monoisotopic (exact) mass is 231 g/mol. The summed E-state index contributed by atoms with van der Waals surface area (Å²) < 4.78 is 26.9. The van der Waals surface area contributed by atoms with Gasteiger partial charge in [-0.25, -0.2) is 8.42 Å². The van der Waals surface area contributed by atoms with Gasteiger partial charge in [0.15, 0.2) is 15.7 Å². The summed E-state index contributed by atoms with van der Waals surface area (Å²) in [5.74, 6) is 1.16. The lowest BCUT2D eigenvalue weighted by molar-refractivity contribution is 0.295. The minimum atomic E-state index is -3.08. The Morgan fingerprint density at radius 2 is 2.27 bits per heavy atom. The molecule has 2 rings (SSSR count). The average Bonchev–Trinajstić information content (AvgIpc) is 2.42. The molecular weight excluding hydrogens is 218 g/mol. The zero-order chi connectivity index (χ0) is 10.9. The van der Waals surface area contributed by atoms with Gasteiger partial charge in [0.1, 0.15) is 5.75 Å². The van der Waals surface area contributed by atoms with E-state index in [9.17, 15) is 8.42 Å². The predicted octanol–water partition coefficient (Wildman–Crippen LogP) is -0.624. The van der Waals surface area contributed by atoms with Crippen molar-refractivity contribution in [1.29, 1.82) is 0 Å². The summed E-state index contributed by atoms with van der Waals surface area (Å²) in [4.78, 5) is 4.03. The number of sulfone groups is 1. The van der Waals surface area contributed by atoms with Gasteiger partial charge in [-0.1, -0.05) is 5.16 Å². The van der Waals surface area contributed by atoms with E-state index in [0.29, 0.717) is 11.8 Å². The van der Waals surface area contributed by atoms with E-state index in [1.54, 1.807) is 0 Å². The van der Waals surface area contributed by atoms with Crippen LogP contribution in [0.15, 0.2) is 4.52 Å². The molecule has 84 valence electrons. The van der Waals surface area contributed by atoms with E-state index in [-0.39, 0.29) is 11.6 Å². The molecule has 2 heterocycles. The molecule has 0 saturated carbocycles. The first kappa shape index (κ1) is 10.6. The van der Waals surface area contributed by atoms with Crippen molar-refractivity contribution < 1.29 is 12.9 Å². The Kier molecular flexibility index (Phi) is 2.74. The molecule has 0 aliphatic carbocycles. The third kappa shape index (κ3) is 3.00. The van der Waals surface area contributed by atoms with Crippen LogP contribution in [0.25, 0.3) is 0 Å². The Labute approximate surface area is 88.0 Å². The molecule has 0 radical (unpaired) electrons. The molecule has 1 aromatic rings. The first-order chi connectivity index (χ1) is 7.03. The summed E-state index contributed by atoms with van der Waals surface area (Å²) in [6.07, 6.45) is 1.88. The molecule has 1 fully saturated rings. The molecule has 1 aliphatic rings. The minimum absolute atomic E-state index is 0.153. The highest BCUT2D eigenvalue weighted by Crippen LogP contribution is 2.11. The summed E-state index contributed by atoms with van der Waals surface area (Å²) in [7, 11) is -3.08. The van der Waals surface area contributed by atoms with Crippen molar-refractivity contribution in [3.8, 4) is 0 Å². The van der Waals surface area contributed by atoms with E-state index >= 15 is 0 Å². The number of nitrogens with zero attached hydrogens (tertiary/aromatic N) is 2. The first-order valence-electron chi connectivity index (χ1n) is 4.73. The molecule has 0 aromatic carbocycles. The number of hydrogen-bond acceptors (Lipinski definition) is 6. The summed E-state index contributed by atoms with van der Waals surface area (Å²) in [5, 5.41) is 6.77. The van der Waals surface area contributed by atoms with Crippen LogP contribution in [0.2, 0.25) is 0 Å². The van der Waals surface area contributed by atoms with Crippen molar-refractivity contribution in [1.82, 2.24) is 15.5 Å². The Bertz CT molecular complexity index is 436. The molecular formula is C8H13N3O3S. The second-order valence-corrected chi connectivity index (χ2v) is 6.04. The number of rotatable bonds is 4. The van der Waals surface area contributed by atoms with Gasteiger partial charge in [0.05, 0.1) is 0 Å². The maximum Gasteiger partial charge on any atom is 0.227 e. The number of aromatic nitrogens is 2. The third-order valence-electron chi connectivity index (χ3n) is 2.23. The van der Waals surface area contributed by atoms with Crippen LogP contribution in [0, 0.1) is 5.92 Å². The minimum Gasteiger partial charge on any atom is -0.339 e. The van der Waals surface area contributed by atoms with Crippen molar-refractivity contribution in [2.75, 3.05) is 19.3 Å². The summed E-state index contributed by atoms with van der Waals surface area (Å²) in [5.41, 5.74) is 0. The van der Waals surface area contributed by atoms with E-state index in [1.807, 2.05) is 0 Å². The second-order valence-electron chi connectivity index (χ2n) is 3.90. The van der Waals surface area contributed by atoms with Crippen molar-refractivity contribution in [3.05, 3.63) is 11.7 Å². The Hall–Kier alpha value is -0.950. The molecule has 0 unspecified atom stereocenters. The van der Waals surface area contributed by atoms with Gasteiger partial charge in [0.25, 0.3) is 0 Å². The van der Waals surface area contributed by atoms with Gasteiger partial charge in [-0.3, -0.25) is 0 Å². The van der Waals surface area contributed by atoms with E-state index in [1.165, 1.54) is 0 Å². The van der Waals surface area contributed by atoms with Crippen LogP contribution >= 0.6 is 0 Å². The lowest BCUT2D eigenvalue weighted by Crippen LogP contribution is -2.43. The van der Waals surface area contributed by atoms with Gasteiger partial charge in [0, 0.05) is 12.7 Å². The van der Waals surface area contributed by atoms with Gasteiger partial charge in [-0.15, -0.1) is 0 Å². The molecule has 1 N–H and O–H groups in total. The lowest BCUT2D eigenvalue weighted by atomic mass is 10.00. The Balaban J connectivity index is 1.97. The van der Waals surface area contributed by atoms with Crippen LogP contribution < -0.4 is 5.32 Å². The van der Waals surface area contributed by atoms with Crippen molar-refractivity contribution in [2.45, 2.75) is 12.2 Å². The van der Waals surface area contributed by atoms with E-state index in [2.05, 4.69) is 15.5 Å². The molecule has 15 heavy (non-hydrogen) atoms.